The van der Waals surface area contributed by atoms with Crippen LogP contribution >= 0.6 is 0 Å². The van der Waals surface area contributed by atoms with Gasteiger partial charge in [-0.2, -0.15) is 4.98 Å². The first-order chi connectivity index (χ1) is 9.65. The van der Waals surface area contributed by atoms with Crippen molar-refractivity contribution in [2.24, 2.45) is 0 Å². The third-order valence-corrected chi connectivity index (χ3v) is 2.78. The number of ether oxygens (including phenoxy) is 2. The molecule has 0 aliphatic carbocycles. The average Bonchev–Trinajstić information content (AvgIpc) is 2.96. The van der Waals surface area contributed by atoms with Crippen molar-refractivity contribution in [2.45, 2.75) is 19.8 Å². The lowest BCUT2D eigenvalue weighted by Gasteiger charge is -2.04. The molecule has 1 heterocycles. The monoisotopic (exact) mass is 276 g/mol. The van der Waals surface area contributed by atoms with Gasteiger partial charge in [0, 0.05) is 5.56 Å². The topological polar surface area (TPSA) is 74.5 Å². The maximum Gasteiger partial charge on any atom is 0.318 e. The molecular formula is C14H16N2O4. The first-order valence-corrected chi connectivity index (χ1v) is 6.30. The molecule has 0 amide bonds. The van der Waals surface area contributed by atoms with Crippen LogP contribution in [0.2, 0.25) is 0 Å². The first-order valence-electron chi connectivity index (χ1n) is 6.30. The van der Waals surface area contributed by atoms with Crippen LogP contribution in [-0.2, 0) is 9.53 Å². The molecule has 0 aliphatic rings. The normalized spacial score (nSPS) is 11.9. The maximum atomic E-state index is 11.6. The maximum absolute atomic E-state index is 11.6. The zero-order chi connectivity index (χ0) is 14.5. The van der Waals surface area contributed by atoms with Gasteiger partial charge < -0.3 is 14.0 Å². The van der Waals surface area contributed by atoms with Crippen LogP contribution in [0.1, 0.15) is 25.7 Å². The summed E-state index contributed by atoms with van der Waals surface area (Å²) in [7, 11) is 1.59. The first kappa shape index (κ1) is 14.0. The highest BCUT2D eigenvalue weighted by Crippen LogP contribution is 2.23. The molecule has 0 saturated heterocycles. The predicted octanol–water partition coefficient (Wildman–Crippen LogP) is 2.41. The Morgan fingerprint density at radius 3 is 2.95 bits per heavy atom. The summed E-state index contributed by atoms with van der Waals surface area (Å²) in [4.78, 5) is 15.8. The number of methoxy groups -OCH3 is 1. The summed E-state index contributed by atoms with van der Waals surface area (Å²) < 4.78 is 15.2. The van der Waals surface area contributed by atoms with E-state index >= 15 is 0 Å². The van der Waals surface area contributed by atoms with Crippen LogP contribution in [0.3, 0.4) is 0 Å². The number of nitrogens with zero attached hydrogens (tertiary/aromatic N) is 2. The Morgan fingerprint density at radius 1 is 1.45 bits per heavy atom. The summed E-state index contributed by atoms with van der Waals surface area (Å²) >= 11 is 0. The number of carbonyl (C=O) groups is 1. The molecule has 1 atom stereocenters. The van der Waals surface area contributed by atoms with Crippen molar-refractivity contribution in [3.05, 3.63) is 30.2 Å². The van der Waals surface area contributed by atoms with Crippen LogP contribution < -0.4 is 4.74 Å². The predicted molar refractivity (Wildman–Crippen MR) is 71.3 cm³/mol. The van der Waals surface area contributed by atoms with Crippen molar-refractivity contribution < 1.29 is 18.8 Å². The van der Waals surface area contributed by atoms with Crippen LogP contribution in [0, 0.1) is 0 Å². The summed E-state index contributed by atoms with van der Waals surface area (Å²) in [6.07, 6.45) is 0. The largest absolute Gasteiger partial charge is 0.497 e. The van der Waals surface area contributed by atoms with Crippen LogP contribution in [-0.4, -0.2) is 29.8 Å². The van der Waals surface area contributed by atoms with Gasteiger partial charge in [-0.05, 0) is 26.0 Å². The zero-order valence-corrected chi connectivity index (χ0v) is 11.6. The molecule has 0 bridgehead atoms. The molecule has 0 fully saturated rings. The van der Waals surface area contributed by atoms with Crippen LogP contribution in [0.15, 0.2) is 28.8 Å². The molecule has 0 aliphatic heterocycles. The summed E-state index contributed by atoms with van der Waals surface area (Å²) in [5.74, 6) is 0.388. The highest BCUT2D eigenvalue weighted by Gasteiger charge is 2.23. The molecule has 0 radical (unpaired) electrons. The van der Waals surface area contributed by atoms with Gasteiger partial charge in [-0.1, -0.05) is 17.3 Å². The Bertz CT molecular complexity index is 594. The summed E-state index contributed by atoms with van der Waals surface area (Å²) in [6.45, 7) is 3.74. The van der Waals surface area contributed by atoms with Crippen molar-refractivity contribution in [3.8, 4) is 17.1 Å². The minimum absolute atomic E-state index is 0.237. The molecule has 1 aromatic heterocycles. The Labute approximate surface area is 116 Å². The van der Waals surface area contributed by atoms with Gasteiger partial charge in [0.15, 0.2) is 0 Å². The second kappa shape index (κ2) is 6.18. The molecule has 106 valence electrons. The quantitative estimate of drug-likeness (QED) is 0.781. The average molecular weight is 276 g/mol. The van der Waals surface area contributed by atoms with E-state index in [1.165, 1.54) is 0 Å². The summed E-state index contributed by atoms with van der Waals surface area (Å²) in [5, 5.41) is 3.88. The number of esters is 1. The Balaban J connectivity index is 2.21. The van der Waals surface area contributed by atoms with Gasteiger partial charge in [-0.25, -0.2) is 0 Å². The number of benzene rings is 1. The number of rotatable bonds is 5. The van der Waals surface area contributed by atoms with E-state index in [0.29, 0.717) is 18.2 Å². The summed E-state index contributed by atoms with van der Waals surface area (Å²) in [5.41, 5.74) is 0.760. The molecule has 1 aromatic carbocycles. The van der Waals surface area contributed by atoms with Crippen molar-refractivity contribution in [2.75, 3.05) is 13.7 Å². The van der Waals surface area contributed by atoms with Crippen LogP contribution in [0.5, 0.6) is 5.75 Å². The lowest BCUT2D eigenvalue weighted by atomic mass is 10.2. The smallest absolute Gasteiger partial charge is 0.318 e. The van der Waals surface area contributed by atoms with Crippen LogP contribution in [0.4, 0.5) is 0 Å². The van der Waals surface area contributed by atoms with E-state index in [2.05, 4.69) is 10.1 Å². The molecule has 2 aromatic rings. The van der Waals surface area contributed by atoms with Crippen molar-refractivity contribution >= 4 is 5.97 Å². The third kappa shape index (κ3) is 2.96. The van der Waals surface area contributed by atoms with Crippen molar-refractivity contribution in [1.82, 2.24) is 10.1 Å². The number of aromatic nitrogens is 2. The van der Waals surface area contributed by atoms with Gasteiger partial charge in [-0.3, -0.25) is 4.79 Å². The SMILES string of the molecule is CCOC(=O)C(C)c1nc(-c2cccc(OC)c2)no1. The Morgan fingerprint density at radius 2 is 2.25 bits per heavy atom. The lowest BCUT2D eigenvalue weighted by Crippen LogP contribution is -2.13. The van der Waals surface area contributed by atoms with E-state index in [9.17, 15) is 4.79 Å². The number of hydrogen-bond donors (Lipinski definition) is 0. The zero-order valence-electron chi connectivity index (χ0n) is 11.6. The van der Waals surface area contributed by atoms with Gasteiger partial charge >= 0.3 is 5.97 Å². The van der Waals surface area contributed by atoms with E-state index in [1.54, 1.807) is 27.0 Å². The van der Waals surface area contributed by atoms with E-state index in [1.807, 2.05) is 18.2 Å². The molecule has 0 saturated carbocycles. The van der Waals surface area contributed by atoms with Crippen molar-refractivity contribution in [3.63, 3.8) is 0 Å². The van der Waals surface area contributed by atoms with Gasteiger partial charge in [0.25, 0.3) is 0 Å². The van der Waals surface area contributed by atoms with Gasteiger partial charge in [0.05, 0.1) is 13.7 Å². The molecule has 1 unspecified atom stereocenters. The molecular weight excluding hydrogens is 260 g/mol. The fourth-order valence-electron chi connectivity index (χ4n) is 1.66. The molecule has 0 spiro atoms. The van der Waals surface area contributed by atoms with E-state index in [4.69, 9.17) is 14.0 Å². The molecule has 20 heavy (non-hydrogen) atoms. The number of hydrogen-bond acceptors (Lipinski definition) is 6. The second-order valence-corrected chi connectivity index (χ2v) is 4.16. The highest BCUT2D eigenvalue weighted by atomic mass is 16.5. The standard InChI is InChI=1S/C14H16N2O4/c1-4-19-14(17)9(2)13-15-12(16-20-13)10-6-5-7-11(8-10)18-3/h5-9H,4H2,1-3H3. The van der Waals surface area contributed by atoms with Gasteiger partial charge in [-0.15, -0.1) is 0 Å². The third-order valence-electron chi connectivity index (χ3n) is 2.78. The minimum atomic E-state index is -0.582. The molecule has 6 nitrogen and oxygen atoms in total. The fraction of sp³-hybridized carbons (Fsp3) is 0.357. The van der Waals surface area contributed by atoms with Gasteiger partial charge in [0.1, 0.15) is 11.7 Å². The molecule has 2 rings (SSSR count). The molecule has 0 N–H and O–H groups in total. The van der Waals surface area contributed by atoms with Crippen molar-refractivity contribution in [1.29, 1.82) is 0 Å². The fourth-order valence-corrected chi connectivity index (χ4v) is 1.66. The van der Waals surface area contributed by atoms with E-state index in [0.717, 1.165) is 5.56 Å². The Kier molecular flexibility index (Phi) is 4.34. The highest BCUT2D eigenvalue weighted by molar-refractivity contribution is 5.76. The minimum Gasteiger partial charge on any atom is -0.497 e. The van der Waals surface area contributed by atoms with E-state index < -0.39 is 5.92 Å². The molecule has 6 heteroatoms. The Hall–Kier alpha value is -2.37. The van der Waals surface area contributed by atoms with Gasteiger partial charge in [0.2, 0.25) is 11.7 Å². The second-order valence-electron chi connectivity index (χ2n) is 4.16. The summed E-state index contributed by atoms with van der Waals surface area (Å²) in [6, 6.07) is 7.29. The van der Waals surface area contributed by atoms with Crippen LogP contribution in [0.25, 0.3) is 11.4 Å². The number of carbonyl (C=O) groups excluding carboxylic acids is 1. The lowest BCUT2D eigenvalue weighted by molar-refractivity contribution is -0.145. The van der Waals surface area contributed by atoms with E-state index in [-0.39, 0.29) is 11.9 Å².